The quantitative estimate of drug-likeness (QED) is 0.797. The van der Waals surface area contributed by atoms with E-state index >= 15 is 0 Å². The third-order valence-electron chi connectivity index (χ3n) is 2.51. The Kier molecular flexibility index (Phi) is 5.29. The van der Waals surface area contributed by atoms with Crippen LogP contribution in [0.25, 0.3) is 0 Å². The highest BCUT2D eigenvalue weighted by Crippen LogP contribution is 2.17. The van der Waals surface area contributed by atoms with Crippen molar-refractivity contribution in [3.63, 3.8) is 0 Å². The van der Waals surface area contributed by atoms with Crippen LogP contribution < -0.4 is 11.1 Å². The Morgan fingerprint density at radius 3 is 2.74 bits per heavy atom. The van der Waals surface area contributed by atoms with E-state index in [9.17, 15) is 13.2 Å². The first-order valence-corrected chi connectivity index (χ1v) is 7.67. The van der Waals surface area contributed by atoms with Gasteiger partial charge in [0.15, 0.2) is 9.84 Å². The molecule has 1 aromatic heterocycles. The van der Waals surface area contributed by atoms with E-state index in [2.05, 4.69) is 10.3 Å². The average Bonchev–Trinajstić information content (AvgIpc) is 2.27. The monoisotopic (exact) mass is 285 g/mol. The molecule has 0 bridgehead atoms. The lowest BCUT2D eigenvalue weighted by molar-refractivity contribution is -0.118. The Bertz CT molecular complexity index is 541. The molecule has 19 heavy (non-hydrogen) atoms. The normalized spacial score (nSPS) is 11.5. The van der Waals surface area contributed by atoms with Crippen molar-refractivity contribution in [3.8, 4) is 0 Å². The van der Waals surface area contributed by atoms with Gasteiger partial charge in [-0.3, -0.25) is 9.78 Å². The van der Waals surface area contributed by atoms with Crippen LogP contribution in [0, 0.1) is 5.92 Å². The number of anilines is 1. The summed E-state index contributed by atoms with van der Waals surface area (Å²) in [6.45, 7) is 4.53. The number of hydrogen-bond acceptors (Lipinski definition) is 5. The molecule has 0 atom stereocenters. The second-order valence-corrected chi connectivity index (χ2v) is 6.66. The molecule has 0 aliphatic heterocycles. The van der Waals surface area contributed by atoms with Gasteiger partial charge in [-0.2, -0.15) is 0 Å². The molecule has 7 heteroatoms. The van der Waals surface area contributed by atoms with Crippen LogP contribution >= 0.6 is 0 Å². The molecule has 1 aromatic rings. The maximum absolute atomic E-state index is 12.0. The summed E-state index contributed by atoms with van der Waals surface area (Å²) < 4.78 is 24.0. The van der Waals surface area contributed by atoms with Crippen LogP contribution in [0.4, 0.5) is 5.69 Å². The average molecular weight is 285 g/mol. The zero-order valence-corrected chi connectivity index (χ0v) is 11.9. The summed E-state index contributed by atoms with van der Waals surface area (Å²) in [7, 11) is -3.72. The molecule has 0 radical (unpaired) electrons. The van der Waals surface area contributed by atoms with E-state index < -0.39 is 21.5 Å². The number of carbonyl (C=O) groups excluding carboxylic acids is 1. The standard InChI is InChI=1S/C12H19N3O3S/c1-9(2)3-6-15-12(16)8-19(17,18)11-4-5-14-7-10(11)13/h4-5,7,9H,3,6,8,13H2,1-2H3,(H,15,16). The lowest BCUT2D eigenvalue weighted by Gasteiger charge is -2.09. The van der Waals surface area contributed by atoms with E-state index in [0.29, 0.717) is 12.5 Å². The largest absolute Gasteiger partial charge is 0.396 e. The molecule has 0 fully saturated rings. The fourth-order valence-electron chi connectivity index (χ4n) is 1.48. The first-order chi connectivity index (χ1) is 8.83. The summed E-state index contributed by atoms with van der Waals surface area (Å²) in [5, 5.41) is 2.58. The topological polar surface area (TPSA) is 102 Å². The Morgan fingerprint density at radius 2 is 2.16 bits per heavy atom. The minimum Gasteiger partial charge on any atom is -0.396 e. The number of aromatic nitrogens is 1. The van der Waals surface area contributed by atoms with Crippen molar-refractivity contribution in [2.24, 2.45) is 5.92 Å². The molecular formula is C12H19N3O3S. The Hall–Kier alpha value is -1.63. The molecule has 1 rings (SSSR count). The molecule has 1 amide bonds. The van der Waals surface area contributed by atoms with E-state index in [-0.39, 0.29) is 10.6 Å². The highest BCUT2D eigenvalue weighted by atomic mass is 32.2. The Balaban J connectivity index is 2.65. The fraction of sp³-hybridized carbons (Fsp3) is 0.500. The second kappa shape index (κ2) is 6.51. The number of carbonyl (C=O) groups is 1. The molecule has 0 unspecified atom stereocenters. The first kappa shape index (κ1) is 15.4. The van der Waals surface area contributed by atoms with Crippen molar-refractivity contribution in [2.75, 3.05) is 18.0 Å². The molecule has 0 aliphatic rings. The van der Waals surface area contributed by atoms with E-state index in [4.69, 9.17) is 5.73 Å². The van der Waals surface area contributed by atoms with Gasteiger partial charge in [0.25, 0.3) is 0 Å². The summed E-state index contributed by atoms with van der Waals surface area (Å²) in [6, 6.07) is 1.30. The molecule has 0 spiro atoms. The second-order valence-electron chi connectivity index (χ2n) is 4.71. The van der Waals surface area contributed by atoms with Gasteiger partial charge in [-0.15, -0.1) is 0 Å². The van der Waals surface area contributed by atoms with Crippen LogP contribution in [0.15, 0.2) is 23.4 Å². The predicted octanol–water partition coefficient (Wildman–Crippen LogP) is 0.600. The summed E-state index contributed by atoms with van der Waals surface area (Å²) in [5.74, 6) is -0.663. The zero-order chi connectivity index (χ0) is 14.5. The smallest absolute Gasteiger partial charge is 0.235 e. The van der Waals surface area contributed by atoms with Gasteiger partial charge in [-0.25, -0.2) is 8.42 Å². The molecule has 3 N–H and O–H groups in total. The predicted molar refractivity (Wildman–Crippen MR) is 73.2 cm³/mol. The van der Waals surface area contributed by atoms with Crippen molar-refractivity contribution >= 4 is 21.4 Å². The number of pyridine rings is 1. The third-order valence-corrected chi connectivity index (χ3v) is 4.19. The molecule has 6 nitrogen and oxygen atoms in total. The SMILES string of the molecule is CC(C)CCNC(=O)CS(=O)(=O)c1ccncc1N. The molecule has 0 aliphatic carbocycles. The third kappa shape index (κ3) is 4.86. The van der Waals surface area contributed by atoms with Crippen LogP contribution in [0.3, 0.4) is 0 Å². The summed E-state index contributed by atoms with van der Waals surface area (Å²) in [6.07, 6.45) is 3.40. The van der Waals surface area contributed by atoms with E-state index in [1.807, 2.05) is 13.8 Å². The molecule has 0 aromatic carbocycles. The van der Waals surface area contributed by atoms with Gasteiger partial charge >= 0.3 is 0 Å². The number of nitrogens with zero attached hydrogens (tertiary/aromatic N) is 1. The Morgan fingerprint density at radius 1 is 1.47 bits per heavy atom. The van der Waals surface area contributed by atoms with Gasteiger partial charge < -0.3 is 11.1 Å². The molecule has 0 saturated heterocycles. The maximum Gasteiger partial charge on any atom is 0.235 e. The van der Waals surface area contributed by atoms with Crippen molar-refractivity contribution in [1.82, 2.24) is 10.3 Å². The number of nitrogen functional groups attached to an aromatic ring is 1. The van der Waals surface area contributed by atoms with Gasteiger partial charge in [0.2, 0.25) is 5.91 Å². The summed E-state index contributed by atoms with van der Waals surface area (Å²) in [4.78, 5) is 15.2. The van der Waals surface area contributed by atoms with Gasteiger partial charge in [-0.05, 0) is 18.4 Å². The van der Waals surface area contributed by atoms with Crippen molar-refractivity contribution in [1.29, 1.82) is 0 Å². The van der Waals surface area contributed by atoms with Gasteiger partial charge in [0.05, 0.1) is 16.8 Å². The highest BCUT2D eigenvalue weighted by Gasteiger charge is 2.21. The highest BCUT2D eigenvalue weighted by molar-refractivity contribution is 7.92. The van der Waals surface area contributed by atoms with Crippen LogP contribution in [0.5, 0.6) is 0 Å². The molecular weight excluding hydrogens is 266 g/mol. The minimum atomic E-state index is -3.72. The van der Waals surface area contributed by atoms with Gasteiger partial charge in [0, 0.05) is 12.7 Å². The number of nitrogens with one attached hydrogen (secondary N) is 1. The maximum atomic E-state index is 12.0. The number of rotatable bonds is 6. The fourth-order valence-corrected chi connectivity index (χ4v) is 2.76. The van der Waals surface area contributed by atoms with Crippen LogP contribution in [0.1, 0.15) is 20.3 Å². The van der Waals surface area contributed by atoms with Gasteiger partial charge in [0.1, 0.15) is 5.75 Å². The van der Waals surface area contributed by atoms with Crippen LogP contribution in [-0.2, 0) is 14.6 Å². The van der Waals surface area contributed by atoms with Crippen LogP contribution in [0.2, 0.25) is 0 Å². The number of sulfone groups is 1. The number of nitrogens with two attached hydrogens (primary N) is 1. The lowest BCUT2D eigenvalue weighted by atomic mass is 10.1. The zero-order valence-electron chi connectivity index (χ0n) is 11.1. The Labute approximate surface area is 113 Å². The number of hydrogen-bond donors (Lipinski definition) is 2. The van der Waals surface area contributed by atoms with E-state index in [0.717, 1.165) is 6.42 Å². The molecule has 106 valence electrons. The lowest BCUT2D eigenvalue weighted by Crippen LogP contribution is -2.31. The van der Waals surface area contributed by atoms with Crippen molar-refractivity contribution in [2.45, 2.75) is 25.2 Å². The van der Waals surface area contributed by atoms with E-state index in [1.54, 1.807) is 0 Å². The molecule has 0 saturated carbocycles. The van der Waals surface area contributed by atoms with Crippen molar-refractivity contribution in [3.05, 3.63) is 18.5 Å². The molecule has 1 heterocycles. The summed E-state index contributed by atoms with van der Waals surface area (Å²) in [5.41, 5.74) is 5.60. The van der Waals surface area contributed by atoms with Crippen molar-refractivity contribution < 1.29 is 13.2 Å². The van der Waals surface area contributed by atoms with Crippen LogP contribution in [-0.4, -0.2) is 31.6 Å². The minimum absolute atomic E-state index is 0.0532. The van der Waals surface area contributed by atoms with E-state index in [1.165, 1.54) is 18.5 Å². The summed E-state index contributed by atoms with van der Waals surface area (Å²) >= 11 is 0. The first-order valence-electron chi connectivity index (χ1n) is 6.02. The number of amides is 1. The van der Waals surface area contributed by atoms with Gasteiger partial charge in [-0.1, -0.05) is 13.8 Å².